The molecule has 0 N–H and O–H groups in total. The van der Waals surface area contributed by atoms with Crippen molar-refractivity contribution in [3.8, 4) is 0 Å². The number of carbonyl (C=O) groups is 1. The number of thiocarbonyl (C=S) groups is 1. The average molecular weight is 310 g/mol. The highest BCUT2D eigenvalue weighted by molar-refractivity contribution is 7.80. The van der Waals surface area contributed by atoms with Gasteiger partial charge in [0.1, 0.15) is 6.61 Å². The number of halogens is 1. The summed E-state index contributed by atoms with van der Waals surface area (Å²) in [5.41, 5.74) is 0.912. The fourth-order valence-electron chi connectivity index (χ4n) is 2.00. The van der Waals surface area contributed by atoms with Crippen LogP contribution >= 0.6 is 23.8 Å². The topological polar surface area (TPSA) is 29.5 Å². The number of nitrogens with zero attached hydrogens (tertiary/aromatic N) is 1. The first-order valence-electron chi connectivity index (χ1n) is 6.42. The minimum absolute atomic E-state index is 0.00451. The Kier molecular flexibility index (Phi) is 4.78. The fraction of sp³-hybridized carbons (Fsp3) is 0.333. The van der Waals surface area contributed by atoms with Gasteiger partial charge in [-0.05, 0) is 41.9 Å². The zero-order valence-corrected chi connectivity index (χ0v) is 12.9. The largest absolute Gasteiger partial charge is 0.468 e. The second-order valence-electron chi connectivity index (χ2n) is 4.98. The van der Waals surface area contributed by atoms with Gasteiger partial charge < -0.3 is 4.74 Å². The molecule has 106 valence electrons. The third kappa shape index (κ3) is 3.38. The first-order valence-corrected chi connectivity index (χ1v) is 7.21. The molecule has 0 radical (unpaired) electrons. The molecule has 0 aromatic heterocycles. The quantitative estimate of drug-likeness (QED) is 0.632. The average Bonchev–Trinajstić information content (AvgIpc) is 2.80. The van der Waals surface area contributed by atoms with Gasteiger partial charge in [-0.1, -0.05) is 37.6 Å². The van der Waals surface area contributed by atoms with Crippen molar-refractivity contribution in [1.29, 1.82) is 0 Å². The molecule has 2 rings (SSSR count). The molecule has 20 heavy (non-hydrogen) atoms. The normalized spacial score (nSPS) is 18.9. The lowest BCUT2D eigenvalue weighted by molar-refractivity contribution is -0.123. The van der Waals surface area contributed by atoms with Crippen molar-refractivity contribution in [2.75, 3.05) is 6.61 Å². The molecular weight excluding hydrogens is 294 g/mol. The molecule has 1 saturated heterocycles. The van der Waals surface area contributed by atoms with E-state index in [1.54, 1.807) is 23.1 Å². The molecule has 1 aromatic rings. The van der Waals surface area contributed by atoms with Crippen molar-refractivity contribution in [2.45, 2.75) is 19.9 Å². The Morgan fingerprint density at radius 1 is 1.45 bits per heavy atom. The van der Waals surface area contributed by atoms with Gasteiger partial charge in [-0.3, -0.25) is 9.69 Å². The Morgan fingerprint density at radius 2 is 2.10 bits per heavy atom. The molecule has 0 bridgehead atoms. The van der Waals surface area contributed by atoms with Crippen LogP contribution in [0.15, 0.2) is 30.3 Å². The zero-order chi connectivity index (χ0) is 14.7. The summed E-state index contributed by atoms with van der Waals surface area (Å²) in [7, 11) is 0. The number of benzene rings is 1. The second-order valence-corrected chi connectivity index (χ2v) is 5.77. The van der Waals surface area contributed by atoms with Gasteiger partial charge in [0, 0.05) is 11.1 Å². The fourth-order valence-corrected chi connectivity index (χ4v) is 2.42. The number of ether oxygens (including phenoxy) is 1. The lowest BCUT2D eigenvalue weighted by atomic mass is 10.0. The highest BCUT2D eigenvalue weighted by Crippen LogP contribution is 2.20. The summed E-state index contributed by atoms with van der Waals surface area (Å²) in [6.07, 6.45) is 3.26. The standard InChI is InChI=1S/C15H16ClNO2S/c1-10(2)13-9-19-15(20)17(13)14(18)8-5-11-3-6-12(16)7-4-11/h3-8,10,13H,9H2,1-2H3/b8-5+/t13-/m1/s1. The van der Waals surface area contributed by atoms with E-state index in [2.05, 4.69) is 0 Å². The van der Waals surface area contributed by atoms with E-state index in [9.17, 15) is 4.79 Å². The van der Waals surface area contributed by atoms with Crippen LogP contribution in [0.25, 0.3) is 6.08 Å². The van der Waals surface area contributed by atoms with Crippen molar-refractivity contribution in [3.05, 3.63) is 40.9 Å². The third-order valence-corrected chi connectivity index (χ3v) is 3.77. The summed E-state index contributed by atoms with van der Waals surface area (Å²) in [5.74, 6) is 0.143. The van der Waals surface area contributed by atoms with Crippen LogP contribution in [0.4, 0.5) is 0 Å². The maximum Gasteiger partial charge on any atom is 0.266 e. The van der Waals surface area contributed by atoms with E-state index in [4.69, 9.17) is 28.6 Å². The Labute approximate surface area is 129 Å². The molecular formula is C15H16ClNO2S. The van der Waals surface area contributed by atoms with Crippen LogP contribution < -0.4 is 0 Å². The summed E-state index contributed by atoms with van der Waals surface area (Å²) >= 11 is 10.9. The maximum atomic E-state index is 12.3. The first-order chi connectivity index (χ1) is 9.49. The van der Waals surface area contributed by atoms with Crippen LogP contribution in [0.5, 0.6) is 0 Å². The van der Waals surface area contributed by atoms with E-state index >= 15 is 0 Å². The molecule has 0 aliphatic carbocycles. The maximum absolute atomic E-state index is 12.3. The van der Waals surface area contributed by atoms with Crippen LogP contribution in [0, 0.1) is 5.92 Å². The Balaban J connectivity index is 2.10. The van der Waals surface area contributed by atoms with Gasteiger partial charge in [-0.25, -0.2) is 0 Å². The van der Waals surface area contributed by atoms with Crippen molar-refractivity contribution in [2.24, 2.45) is 5.92 Å². The monoisotopic (exact) mass is 309 g/mol. The third-order valence-electron chi connectivity index (χ3n) is 3.20. The molecule has 1 heterocycles. The lowest BCUT2D eigenvalue weighted by Crippen LogP contribution is -2.40. The molecule has 0 saturated carbocycles. The predicted molar refractivity (Wildman–Crippen MR) is 84.5 cm³/mol. The molecule has 1 aliphatic rings. The van der Waals surface area contributed by atoms with Gasteiger partial charge in [0.25, 0.3) is 11.1 Å². The van der Waals surface area contributed by atoms with Gasteiger partial charge >= 0.3 is 0 Å². The Hall–Kier alpha value is -1.39. The van der Waals surface area contributed by atoms with E-state index in [-0.39, 0.29) is 17.1 Å². The summed E-state index contributed by atoms with van der Waals surface area (Å²) in [5, 5.41) is 0.928. The van der Waals surface area contributed by atoms with Crippen LogP contribution in [0.1, 0.15) is 19.4 Å². The summed E-state index contributed by atoms with van der Waals surface area (Å²) in [6, 6.07) is 7.28. The summed E-state index contributed by atoms with van der Waals surface area (Å²) in [4.78, 5) is 13.8. The molecule has 5 heteroatoms. The highest BCUT2D eigenvalue weighted by Gasteiger charge is 2.35. The van der Waals surface area contributed by atoms with E-state index in [0.717, 1.165) is 5.56 Å². The predicted octanol–water partition coefficient (Wildman–Crippen LogP) is 3.52. The summed E-state index contributed by atoms with van der Waals surface area (Å²) in [6.45, 7) is 4.56. The number of rotatable bonds is 3. The molecule has 0 unspecified atom stereocenters. The van der Waals surface area contributed by atoms with Gasteiger partial charge in [-0.15, -0.1) is 0 Å². The molecule has 1 aliphatic heterocycles. The molecule has 1 amide bonds. The van der Waals surface area contributed by atoms with E-state index < -0.39 is 0 Å². The zero-order valence-electron chi connectivity index (χ0n) is 11.4. The SMILES string of the molecule is CC(C)[C@H]1COC(=S)N1C(=O)/C=C/c1ccc(Cl)cc1. The van der Waals surface area contributed by atoms with Crippen LogP contribution in [0.3, 0.4) is 0 Å². The number of hydrogen-bond donors (Lipinski definition) is 0. The minimum atomic E-state index is -0.152. The van der Waals surface area contributed by atoms with E-state index in [0.29, 0.717) is 17.5 Å². The molecule has 1 aromatic carbocycles. The Morgan fingerprint density at radius 3 is 2.70 bits per heavy atom. The van der Waals surface area contributed by atoms with Crippen molar-refractivity contribution >= 4 is 41.0 Å². The van der Waals surface area contributed by atoms with Crippen LogP contribution in [-0.4, -0.2) is 28.6 Å². The second kappa shape index (κ2) is 6.37. The molecule has 0 spiro atoms. The highest BCUT2D eigenvalue weighted by atomic mass is 35.5. The van der Waals surface area contributed by atoms with Crippen LogP contribution in [0.2, 0.25) is 5.02 Å². The van der Waals surface area contributed by atoms with Crippen molar-refractivity contribution in [1.82, 2.24) is 4.90 Å². The van der Waals surface area contributed by atoms with Gasteiger partial charge in [0.05, 0.1) is 6.04 Å². The Bertz CT molecular complexity index is 539. The smallest absolute Gasteiger partial charge is 0.266 e. The van der Waals surface area contributed by atoms with E-state index in [1.807, 2.05) is 26.0 Å². The van der Waals surface area contributed by atoms with Gasteiger partial charge in [0.15, 0.2) is 0 Å². The summed E-state index contributed by atoms with van der Waals surface area (Å²) < 4.78 is 5.31. The molecule has 1 fully saturated rings. The van der Waals surface area contributed by atoms with Crippen molar-refractivity contribution < 1.29 is 9.53 Å². The first kappa shape index (κ1) is 15.0. The van der Waals surface area contributed by atoms with Gasteiger partial charge in [0.2, 0.25) is 0 Å². The number of hydrogen-bond acceptors (Lipinski definition) is 3. The van der Waals surface area contributed by atoms with Crippen molar-refractivity contribution in [3.63, 3.8) is 0 Å². The van der Waals surface area contributed by atoms with E-state index in [1.165, 1.54) is 6.08 Å². The molecule has 1 atom stereocenters. The minimum Gasteiger partial charge on any atom is -0.468 e. The van der Waals surface area contributed by atoms with Crippen LogP contribution in [-0.2, 0) is 9.53 Å². The molecule has 3 nitrogen and oxygen atoms in total. The van der Waals surface area contributed by atoms with Gasteiger partial charge in [-0.2, -0.15) is 0 Å². The lowest BCUT2D eigenvalue weighted by Gasteiger charge is -2.22. The number of carbonyl (C=O) groups excluding carboxylic acids is 1. The number of amides is 1.